The zero-order valence-corrected chi connectivity index (χ0v) is 19.5. The number of amides is 2. The molecular formula is C26H32N2O5. The molecule has 1 aliphatic rings. The Labute approximate surface area is 194 Å². The highest BCUT2D eigenvalue weighted by Crippen LogP contribution is 2.44. The van der Waals surface area contributed by atoms with Crippen LogP contribution in [0.5, 0.6) is 0 Å². The minimum absolute atomic E-state index is 0.0294. The number of ether oxygens (including phenoxy) is 1. The van der Waals surface area contributed by atoms with E-state index in [0.29, 0.717) is 0 Å². The summed E-state index contributed by atoms with van der Waals surface area (Å²) < 4.78 is 5.58. The Morgan fingerprint density at radius 2 is 1.42 bits per heavy atom. The molecule has 0 unspecified atom stereocenters. The Balaban J connectivity index is 1.61. The van der Waals surface area contributed by atoms with Crippen LogP contribution in [-0.2, 0) is 14.3 Å². The van der Waals surface area contributed by atoms with Crippen molar-refractivity contribution in [2.24, 2.45) is 11.8 Å². The van der Waals surface area contributed by atoms with E-state index in [4.69, 9.17) is 4.74 Å². The maximum Gasteiger partial charge on any atom is 0.407 e. The maximum atomic E-state index is 12.6. The van der Waals surface area contributed by atoms with E-state index in [2.05, 4.69) is 34.9 Å². The molecule has 2 aromatic carbocycles. The van der Waals surface area contributed by atoms with Crippen LogP contribution in [0.2, 0.25) is 0 Å². The first-order valence-electron chi connectivity index (χ1n) is 11.3. The highest BCUT2D eigenvalue weighted by Gasteiger charge is 2.30. The summed E-state index contributed by atoms with van der Waals surface area (Å²) in [6.45, 7) is 7.42. The second-order valence-corrected chi connectivity index (χ2v) is 9.15. The van der Waals surface area contributed by atoms with E-state index in [1.54, 1.807) is 13.8 Å². The first-order chi connectivity index (χ1) is 15.7. The van der Waals surface area contributed by atoms with Crippen molar-refractivity contribution in [3.8, 4) is 11.1 Å². The topological polar surface area (TPSA) is 105 Å². The zero-order valence-electron chi connectivity index (χ0n) is 19.5. The number of carboxylic acids is 1. The summed E-state index contributed by atoms with van der Waals surface area (Å²) in [5.41, 5.74) is 4.55. The quantitative estimate of drug-likeness (QED) is 0.530. The van der Waals surface area contributed by atoms with Crippen molar-refractivity contribution in [2.45, 2.75) is 52.1 Å². The molecule has 0 bridgehead atoms. The van der Waals surface area contributed by atoms with Crippen molar-refractivity contribution >= 4 is 18.0 Å². The molecule has 0 aromatic heterocycles. The van der Waals surface area contributed by atoms with E-state index < -0.39 is 30.1 Å². The van der Waals surface area contributed by atoms with Gasteiger partial charge in [0.15, 0.2) is 0 Å². The zero-order chi connectivity index (χ0) is 24.1. The van der Waals surface area contributed by atoms with Crippen molar-refractivity contribution in [1.29, 1.82) is 0 Å². The number of alkyl carbamates (subject to hydrolysis) is 1. The number of hydrogen-bond acceptors (Lipinski definition) is 4. The van der Waals surface area contributed by atoms with Crippen LogP contribution in [0.3, 0.4) is 0 Å². The van der Waals surface area contributed by atoms with Gasteiger partial charge in [0.25, 0.3) is 0 Å². The fraction of sp³-hybridized carbons (Fsp3) is 0.423. The van der Waals surface area contributed by atoms with E-state index in [1.807, 2.05) is 38.1 Å². The third-order valence-electron chi connectivity index (χ3n) is 6.11. The van der Waals surface area contributed by atoms with E-state index in [9.17, 15) is 19.5 Å². The molecule has 3 rings (SSSR count). The number of nitrogens with one attached hydrogen (secondary N) is 2. The Bertz CT molecular complexity index is 972. The number of carbonyl (C=O) groups is 3. The SMILES string of the molecule is CC(C)[C@H](NC(=O)C[C@@H](NC(=O)OCC1c2ccccc2-c2ccccc21)C(C)C)C(=O)O. The molecule has 0 heterocycles. The predicted octanol–water partition coefficient (Wildman–Crippen LogP) is 4.17. The van der Waals surface area contributed by atoms with Crippen molar-refractivity contribution in [3.05, 3.63) is 59.7 Å². The van der Waals surface area contributed by atoms with Gasteiger partial charge in [0, 0.05) is 18.4 Å². The monoisotopic (exact) mass is 452 g/mol. The van der Waals surface area contributed by atoms with Gasteiger partial charge >= 0.3 is 12.1 Å². The van der Waals surface area contributed by atoms with Crippen LogP contribution in [0.25, 0.3) is 11.1 Å². The molecule has 2 atom stereocenters. The van der Waals surface area contributed by atoms with Crippen molar-refractivity contribution in [1.82, 2.24) is 10.6 Å². The number of hydrogen-bond donors (Lipinski definition) is 3. The highest BCUT2D eigenvalue weighted by atomic mass is 16.5. The lowest BCUT2D eigenvalue weighted by molar-refractivity contribution is -0.143. The van der Waals surface area contributed by atoms with Crippen molar-refractivity contribution in [2.75, 3.05) is 6.61 Å². The molecule has 2 amide bonds. The van der Waals surface area contributed by atoms with Crippen LogP contribution in [-0.4, -0.2) is 41.8 Å². The van der Waals surface area contributed by atoms with Gasteiger partial charge in [0.05, 0.1) is 0 Å². The Hall–Kier alpha value is -3.35. The van der Waals surface area contributed by atoms with Gasteiger partial charge in [-0.05, 0) is 34.1 Å². The number of benzene rings is 2. The second-order valence-electron chi connectivity index (χ2n) is 9.15. The molecule has 0 aliphatic heterocycles. The third kappa shape index (κ3) is 5.72. The van der Waals surface area contributed by atoms with Crippen LogP contribution in [0.1, 0.15) is 51.2 Å². The molecule has 0 radical (unpaired) electrons. The smallest absolute Gasteiger partial charge is 0.407 e. The number of carboxylic acid groups (broad SMARTS) is 1. The summed E-state index contributed by atoms with van der Waals surface area (Å²) in [7, 11) is 0. The molecule has 0 saturated heterocycles. The van der Waals surface area contributed by atoms with E-state index in [1.165, 1.54) is 0 Å². The highest BCUT2D eigenvalue weighted by molar-refractivity contribution is 5.84. The van der Waals surface area contributed by atoms with Gasteiger partial charge in [-0.2, -0.15) is 0 Å². The number of carbonyl (C=O) groups excluding carboxylic acids is 2. The van der Waals surface area contributed by atoms with E-state index >= 15 is 0 Å². The lowest BCUT2D eigenvalue weighted by atomic mass is 9.98. The van der Waals surface area contributed by atoms with Crippen LogP contribution in [0.15, 0.2) is 48.5 Å². The van der Waals surface area contributed by atoms with Crippen LogP contribution >= 0.6 is 0 Å². The average Bonchev–Trinajstić information content (AvgIpc) is 3.09. The fourth-order valence-corrected chi connectivity index (χ4v) is 4.19. The van der Waals surface area contributed by atoms with Gasteiger partial charge in [0.2, 0.25) is 5.91 Å². The van der Waals surface area contributed by atoms with Gasteiger partial charge in [-0.3, -0.25) is 4.79 Å². The van der Waals surface area contributed by atoms with E-state index in [-0.39, 0.29) is 30.8 Å². The molecule has 0 fully saturated rings. The molecule has 176 valence electrons. The van der Waals surface area contributed by atoms with Crippen molar-refractivity contribution < 1.29 is 24.2 Å². The molecule has 7 heteroatoms. The van der Waals surface area contributed by atoms with Crippen LogP contribution < -0.4 is 10.6 Å². The van der Waals surface area contributed by atoms with E-state index in [0.717, 1.165) is 22.3 Å². The molecule has 0 saturated carbocycles. The van der Waals surface area contributed by atoms with Crippen LogP contribution in [0, 0.1) is 11.8 Å². The number of rotatable bonds is 9. The van der Waals surface area contributed by atoms with Gasteiger partial charge in [-0.1, -0.05) is 76.2 Å². The molecule has 33 heavy (non-hydrogen) atoms. The molecule has 0 spiro atoms. The Morgan fingerprint density at radius 3 is 1.91 bits per heavy atom. The molecule has 2 aromatic rings. The second kappa shape index (κ2) is 10.5. The summed E-state index contributed by atoms with van der Waals surface area (Å²) in [4.78, 5) is 36.4. The Morgan fingerprint density at radius 1 is 0.879 bits per heavy atom. The average molecular weight is 453 g/mol. The first-order valence-corrected chi connectivity index (χ1v) is 11.3. The minimum atomic E-state index is -1.08. The lowest BCUT2D eigenvalue weighted by Crippen LogP contribution is -2.48. The predicted molar refractivity (Wildman–Crippen MR) is 126 cm³/mol. The fourth-order valence-electron chi connectivity index (χ4n) is 4.19. The standard InChI is InChI=1S/C26H32N2O5/c1-15(2)22(13-23(29)28-24(16(3)4)25(30)31)27-26(32)33-14-21-19-11-7-5-9-17(19)18-10-6-8-12-20(18)21/h5-12,15-16,21-22,24H,13-14H2,1-4H3,(H,27,32)(H,28,29)(H,30,31)/t22-,24+/m1/s1. The van der Waals surface area contributed by atoms with Gasteiger partial charge in [-0.15, -0.1) is 0 Å². The summed E-state index contributed by atoms with van der Waals surface area (Å²) in [5.74, 6) is -1.85. The molecule has 7 nitrogen and oxygen atoms in total. The largest absolute Gasteiger partial charge is 0.480 e. The number of fused-ring (bicyclic) bond motifs is 3. The third-order valence-corrected chi connectivity index (χ3v) is 6.11. The number of aliphatic carboxylic acids is 1. The van der Waals surface area contributed by atoms with Gasteiger partial charge in [-0.25, -0.2) is 9.59 Å². The minimum Gasteiger partial charge on any atom is -0.480 e. The molecule has 3 N–H and O–H groups in total. The maximum absolute atomic E-state index is 12.6. The summed E-state index contributed by atoms with van der Waals surface area (Å²) in [6, 6.07) is 14.7. The molecular weight excluding hydrogens is 420 g/mol. The van der Waals surface area contributed by atoms with Crippen molar-refractivity contribution in [3.63, 3.8) is 0 Å². The summed E-state index contributed by atoms with van der Waals surface area (Å²) in [5, 5.41) is 14.6. The summed E-state index contributed by atoms with van der Waals surface area (Å²) >= 11 is 0. The first kappa shape index (κ1) is 24.3. The normalized spacial score (nSPS) is 14.4. The summed E-state index contributed by atoms with van der Waals surface area (Å²) in [6.07, 6.45) is -0.625. The lowest BCUT2D eigenvalue weighted by Gasteiger charge is -2.24. The van der Waals surface area contributed by atoms with Gasteiger partial charge < -0.3 is 20.5 Å². The van der Waals surface area contributed by atoms with Gasteiger partial charge in [0.1, 0.15) is 12.6 Å². The van der Waals surface area contributed by atoms with Crippen LogP contribution in [0.4, 0.5) is 4.79 Å². The Kier molecular flexibility index (Phi) is 7.74. The molecule has 1 aliphatic carbocycles.